The summed E-state index contributed by atoms with van der Waals surface area (Å²) < 4.78 is 0. The molecule has 0 aliphatic carbocycles. The Bertz CT molecular complexity index is 491. The molecule has 0 saturated carbocycles. The Labute approximate surface area is 107 Å². The third-order valence-corrected chi connectivity index (χ3v) is 2.61. The second-order valence-corrected chi connectivity index (χ2v) is 3.93. The normalized spacial score (nSPS) is 13.5. The Balaban J connectivity index is 2.88. The van der Waals surface area contributed by atoms with Gasteiger partial charge in [-0.1, -0.05) is 12.1 Å². The van der Waals surface area contributed by atoms with E-state index >= 15 is 0 Å². The summed E-state index contributed by atoms with van der Waals surface area (Å²) in [7, 11) is 0. The first-order valence-corrected chi connectivity index (χ1v) is 5.29. The molecule has 7 nitrogen and oxygen atoms in total. The van der Waals surface area contributed by atoms with Crippen LogP contribution in [0.1, 0.15) is 15.9 Å². The highest BCUT2D eigenvalue weighted by atomic mass is 16.4. The standard InChI is InChI=1S/C12H12O7/c13-9(12(18)19)8(11(16)17)5-6-1-3-7(4-2-6)10(14)15/h1-4,8-9,13H,5H2,(H,14,15)(H,16,17)(H,18,19)/t8-,9+/m0/s1. The lowest BCUT2D eigenvalue weighted by molar-refractivity contribution is -0.159. The van der Waals surface area contributed by atoms with Crippen LogP contribution in [-0.2, 0) is 16.0 Å². The molecule has 0 aromatic heterocycles. The van der Waals surface area contributed by atoms with E-state index in [2.05, 4.69) is 0 Å². The molecular weight excluding hydrogens is 256 g/mol. The first kappa shape index (κ1) is 14.7. The Morgan fingerprint density at radius 1 is 0.947 bits per heavy atom. The maximum atomic E-state index is 10.9. The van der Waals surface area contributed by atoms with Crippen LogP contribution in [0.2, 0.25) is 0 Å². The minimum absolute atomic E-state index is 0.0365. The van der Waals surface area contributed by atoms with Gasteiger partial charge in [0.25, 0.3) is 0 Å². The minimum Gasteiger partial charge on any atom is -0.481 e. The quantitative estimate of drug-likeness (QED) is 0.574. The zero-order chi connectivity index (χ0) is 14.6. The molecule has 0 amide bonds. The van der Waals surface area contributed by atoms with Crippen molar-refractivity contribution in [1.82, 2.24) is 0 Å². The number of carboxylic acid groups (broad SMARTS) is 3. The smallest absolute Gasteiger partial charge is 0.335 e. The summed E-state index contributed by atoms with van der Waals surface area (Å²) in [6.07, 6.45) is -2.22. The van der Waals surface area contributed by atoms with Gasteiger partial charge in [-0.2, -0.15) is 0 Å². The highest BCUT2D eigenvalue weighted by Gasteiger charge is 2.32. The van der Waals surface area contributed by atoms with E-state index in [4.69, 9.17) is 15.3 Å². The van der Waals surface area contributed by atoms with E-state index in [0.29, 0.717) is 5.56 Å². The summed E-state index contributed by atoms with van der Waals surface area (Å²) in [4.78, 5) is 32.1. The van der Waals surface area contributed by atoms with Crippen molar-refractivity contribution in [2.24, 2.45) is 5.92 Å². The minimum atomic E-state index is -2.02. The largest absolute Gasteiger partial charge is 0.481 e. The summed E-state index contributed by atoms with van der Waals surface area (Å²) in [5, 5.41) is 35.5. The van der Waals surface area contributed by atoms with Gasteiger partial charge in [-0.25, -0.2) is 9.59 Å². The zero-order valence-corrected chi connectivity index (χ0v) is 9.68. The molecule has 0 radical (unpaired) electrons. The molecule has 7 heteroatoms. The molecule has 0 spiro atoms. The van der Waals surface area contributed by atoms with E-state index in [1.54, 1.807) is 0 Å². The van der Waals surface area contributed by atoms with Gasteiger partial charge >= 0.3 is 17.9 Å². The van der Waals surface area contributed by atoms with Gasteiger partial charge in [0.2, 0.25) is 0 Å². The van der Waals surface area contributed by atoms with Crippen LogP contribution in [-0.4, -0.2) is 44.4 Å². The molecule has 0 bridgehead atoms. The van der Waals surface area contributed by atoms with Crippen LogP contribution in [0.4, 0.5) is 0 Å². The summed E-state index contributed by atoms with van der Waals surface area (Å²) in [5.41, 5.74) is 0.465. The number of carbonyl (C=O) groups is 3. The molecule has 0 aliphatic heterocycles. The molecule has 1 aromatic carbocycles. The molecular formula is C12H12O7. The van der Waals surface area contributed by atoms with Gasteiger partial charge in [0.15, 0.2) is 6.10 Å². The highest BCUT2D eigenvalue weighted by molar-refractivity contribution is 5.87. The predicted molar refractivity (Wildman–Crippen MR) is 61.9 cm³/mol. The van der Waals surface area contributed by atoms with Crippen LogP contribution in [0.15, 0.2) is 24.3 Å². The number of hydrogen-bond donors (Lipinski definition) is 4. The highest BCUT2D eigenvalue weighted by Crippen LogP contribution is 2.15. The molecule has 0 saturated heterocycles. The van der Waals surface area contributed by atoms with Gasteiger partial charge in [0.05, 0.1) is 11.5 Å². The van der Waals surface area contributed by atoms with Gasteiger partial charge in [0.1, 0.15) is 0 Å². The third kappa shape index (κ3) is 3.78. The summed E-state index contributed by atoms with van der Waals surface area (Å²) in [6.45, 7) is 0. The van der Waals surface area contributed by atoms with Gasteiger partial charge in [-0.15, -0.1) is 0 Å². The van der Waals surface area contributed by atoms with Crippen LogP contribution in [0.25, 0.3) is 0 Å². The molecule has 0 heterocycles. The fourth-order valence-electron chi connectivity index (χ4n) is 1.54. The first-order valence-electron chi connectivity index (χ1n) is 5.29. The SMILES string of the molecule is O=C(O)c1ccc(C[C@H](C(=O)O)[C@@H](O)C(=O)O)cc1. The Hall–Kier alpha value is -2.41. The van der Waals surface area contributed by atoms with Crippen LogP contribution >= 0.6 is 0 Å². The summed E-state index contributed by atoms with van der Waals surface area (Å²) >= 11 is 0. The number of aromatic carboxylic acids is 1. The second-order valence-electron chi connectivity index (χ2n) is 3.93. The molecule has 0 aliphatic rings. The lowest BCUT2D eigenvalue weighted by Crippen LogP contribution is -2.36. The molecule has 102 valence electrons. The average molecular weight is 268 g/mol. The van der Waals surface area contributed by atoms with E-state index in [9.17, 15) is 19.5 Å². The topological polar surface area (TPSA) is 132 Å². The maximum Gasteiger partial charge on any atom is 0.335 e. The maximum absolute atomic E-state index is 10.9. The number of aliphatic hydroxyl groups excluding tert-OH is 1. The van der Waals surface area contributed by atoms with Crippen molar-refractivity contribution < 1.29 is 34.8 Å². The molecule has 1 aromatic rings. The molecule has 19 heavy (non-hydrogen) atoms. The van der Waals surface area contributed by atoms with Crippen LogP contribution in [0.5, 0.6) is 0 Å². The number of rotatable bonds is 6. The van der Waals surface area contributed by atoms with Gasteiger partial charge in [0, 0.05) is 0 Å². The van der Waals surface area contributed by atoms with E-state index < -0.39 is 29.9 Å². The molecule has 0 fully saturated rings. The van der Waals surface area contributed by atoms with Gasteiger partial charge in [-0.05, 0) is 24.1 Å². The van der Waals surface area contributed by atoms with E-state index in [1.165, 1.54) is 24.3 Å². The number of carboxylic acids is 3. The van der Waals surface area contributed by atoms with E-state index in [0.717, 1.165) is 0 Å². The number of aliphatic hydroxyl groups is 1. The van der Waals surface area contributed by atoms with Crippen molar-refractivity contribution >= 4 is 17.9 Å². The van der Waals surface area contributed by atoms with Crippen molar-refractivity contribution in [2.75, 3.05) is 0 Å². The van der Waals surface area contributed by atoms with Gasteiger partial charge in [-0.3, -0.25) is 4.79 Å². The fraction of sp³-hybridized carbons (Fsp3) is 0.250. The van der Waals surface area contributed by atoms with E-state index in [-0.39, 0.29) is 12.0 Å². The Morgan fingerprint density at radius 2 is 1.47 bits per heavy atom. The molecule has 1 rings (SSSR count). The number of benzene rings is 1. The Morgan fingerprint density at radius 3 is 1.84 bits per heavy atom. The van der Waals surface area contributed by atoms with Gasteiger partial charge < -0.3 is 20.4 Å². The second kappa shape index (κ2) is 5.96. The summed E-state index contributed by atoms with van der Waals surface area (Å²) in [5.74, 6) is -5.66. The van der Waals surface area contributed by atoms with Crippen LogP contribution < -0.4 is 0 Å². The summed E-state index contributed by atoms with van der Waals surface area (Å²) in [6, 6.07) is 5.33. The number of aliphatic carboxylic acids is 2. The van der Waals surface area contributed by atoms with Crippen molar-refractivity contribution in [3.8, 4) is 0 Å². The molecule has 0 unspecified atom stereocenters. The lowest BCUT2D eigenvalue weighted by atomic mass is 9.93. The Kier molecular flexibility index (Phi) is 4.60. The predicted octanol–water partition coefficient (Wildman–Crippen LogP) is 0.0736. The monoisotopic (exact) mass is 268 g/mol. The fourth-order valence-corrected chi connectivity index (χ4v) is 1.54. The zero-order valence-electron chi connectivity index (χ0n) is 9.68. The van der Waals surface area contributed by atoms with E-state index in [1.807, 2.05) is 0 Å². The average Bonchev–Trinajstić information content (AvgIpc) is 2.35. The third-order valence-electron chi connectivity index (χ3n) is 2.61. The number of hydrogen-bond acceptors (Lipinski definition) is 4. The van der Waals surface area contributed by atoms with Crippen molar-refractivity contribution in [3.05, 3.63) is 35.4 Å². The van der Waals surface area contributed by atoms with Crippen LogP contribution in [0, 0.1) is 5.92 Å². The van der Waals surface area contributed by atoms with Crippen LogP contribution in [0.3, 0.4) is 0 Å². The lowest BCUT2D eigenvalue weighted by Gasteiger charge is -2.15. The van der Waals surface area contributed by atoms with Crippen molar-refractivity contribution in [1.29, 1.82) is 0 Å². The van der Waals surface area contributed by atoms with Crippen molar-refractivity contribution in [3.63, 3.8) is 0 Å². The van der Waals surface area contributed by atoms with Crippen molar-refractivity contribution in [2.45, 2.75) is 12.5 Å². The first-order chi connectivity index (χ1) is 8.82. The molecule has 4 N–H and O–H groups in total. The molecule has 2 atom stereocenters.